The highest BCUT2D eigenvalue weighted by molar-refractivity contribution is 5.71. The van der Waals surface area contributed by atoms with Crippen LogP contribution in [0.15, 0.2) is 24.3 Å². The van der Waals surface area contributed by atoms with Gasteiger partial charge in [0, 0.05) is 12.8 Å². The van der Waals surface area contributed by atoms with Crippen LogP contribution in [0, 0.1) is 13.8 Å². The van der Waals surface area contributed by atoms with Crippen LogP contribution in [0.1, 0.15) is 158 Å². The van der Waals surface area contributed by atoms with Gasteiger partial charge in [-0.05, 0) is 95.9 Å². The molecule has 2 aromatic carbocycles. The lowest BCUT2D eigenvalue weighted by molar-refractivity contribution is -0.164. The molecule has 2 aromatic rings. The van der Waals surface area contributed by atoms with E-state index in [4.69, 9.17) is 14.2 Å². The second-order valence-corrected chi connectivity index (χ2v) is 16.6. The Morgan fingerprint density at radius 1 is 0.660 bits per heavy atom. The summed E-state index contributed by atoms with van der Waals surface area (Å²) < 4.78 is 18.1. The van der Waals surface area contributed by atoms with Crippen LogP contribution in [0.25, 0.3) is 0 Å². The number of hydrogen-bond acceptors (Lipinski definition) is 7. The third kappa shape index (κ3) is 13.9. The second kappa shape index (κ2) is 19.5. The number of benzene rings is 2. The molecule has 1 aliphatic rings. The standard InChI is InChI=1S/C43H66O7/c1-30-24-38(44)36(42(3,4)5)26-32(30)20-22-40(46)49-29-35(28-48-34-18-16-14-12-10-9-11-13-15-17-19-34)50-41(47)23-21-33-27-37(43(6,7)8)39(45)25-31(33)2/h24-27,34-35,44-45H,9-23,28-29H2,1-8H3. The molecule has 2 N–H and O–H groups in total. The highest BCUT2D eigenvalue weighted by Crippen LogP contribution is 2.34. The van der Waals surface area contributed by atoms with Gasteiger partial charge in [-0.25, -0.2) is 0 Å². The van der Waals surface area contributed by atoms with E-state index in [1.807, 2.05) is 26.0 Å². The molecule has 1 saturated carbocycles. The molecule has 7 nitrogen and oxygen atoms in total. The van der Waals surface area contributed by atoms with Crippen LogP contribution < -0.4 is 0 Å². The van der Waals surface area contributed by atoms with E-state index >= 15 is 0 Å². The molecule has 0 radical (unpaired) electrons. The van der Waals surface area contributed by atoms with E-state index in [-0.39, 0.29) is 66.4 Å². The summed E-state index contributed by atoms with van der Waals surface area (Å²) in [5.74, 6) is -0.200. The number of aryl methyl sites for hydroxylation is 4. The minimum Gasteiger partial charge on any atom is -0.508 e. The Balaban J connectivity index is 1.65. The topological polar surface area (TPSA) is 102 Å². The summed E-state index contributed by atoms with van der Waals surface area (Å²) >= 11 is 0. The molecule has 0 heterocycles. The van der Waals surface area contributed by atoms with Crippen molar-refractivity contribution in [3.05, 3.63) is 57.6 Å². The van der Waals surface area contributed by atoms with E-state index in [9.17, 15) is 19.8 Å². The van der Waals surface area contributed by atoms with Crippen molar-refractivity contribution in [1.29, 1.82) is 0 Å². The molecule has 0 aliphatic heterocycles. The number of rotatable bonds is 12. The molecule has 1 atom stereocenters. The van der Waals surface area contributed by atoms with Crippen molar-refractivity contribution < 1.29 is 34.0 Å². The van der Waals surface area contributed by atoms with Crippen LogP contribution in [0.2, 0.25) is 0 Å². The van der Waals surface area contributed by atoms with Crippen LogP contribution in [0.5, 0.6) is 11.5 Å². The Morgan fingerprint density at radius 3 is 1.52 bits per heavy atom. The van der Waals surface area contributed by atoms with Gasteiger partial charge in [-0.15, -0.1) is 0 Å². The zero-order valence-corrected chi connectivity index (χ0v) is 32.4. The normalized spacial score (nSPS) is 16.2. The Kier molecular flexibility index (Phi) is 16.1. The van der Waals surface area contributed by atoms with E-state index in [1.54, 1.807) is 12.1 Å². The number of hydrogen-bond donors (Lipinski definition) is 2. The zero-order chi connectivity index (χ0) is 36.9. The van der Waals surface area contributed by atoms with Gasteiger partial charge in [-0.2, -0.15) is 0 Å². The van der Waals surface area contributed by atoms with E-state index in [1.165, 1.54) is 44.9 Å². The molecule has 0 amide bonds. The average molecular weight is 695 g/mol. The van der Waals surface area contributed by atoms with Crippen molar-refractivity contribution in [3.8, 4) is 11.5 Å². The summed E-state index contributed by atoms with van der Waals surface area (Å²) in [6.07, 6.45) is 13.8. The van der Waals surface area contributed by atoms with Gasteiger partial charge in [0.2, 0.25) is 0 Å². The lowest BCUT2D eigenvalue weighted by Crippen LogP contribution is -2.32. The number of carbonyl (C=O) groups is 2. The average Bonchev–Trinajstić information content (AvgIpc) is 3.01. The molecular weight excluding hydrogens is 628 g/mol. The summed E-state index contributed by atoms with van der Waals surface area (Å²) in [5.41, 5.74) is 5.08. The van der Waals surface area contributed by atoms with Gasteiger partial charge in [-0.3, -0.25) is 9.59 Å². The number of carbonyl (C=O) groups excluding carboxylic acids is 2. The Bertz CT molecular complexity index is 1370. The number of aromatic hydroxyl groups is 2. The molecule has 0 spiro atoms. The first-order valence-corrected chi connectivity index (χ1v) is 19.2. The summed E-state index contributed by atoms with van der Waals surface area (Å²) in [5, 5.41) is 21.0. The van der Waals surface area contributed by atoms with Crippen molar-refractivity contribution >= 4 is 11.9 Å². The lowest BCUT2D eigenvalue weighted by Gasteiger charge is -2.24. The molecule has 1 fully saturated rings. The molecular formula is C43H66O7. The third-order valence-electron chi connectivity index (χ3n) is 10.0. The predicted octanol–water partition coefficient (Wildman–Crippen LogP) is 10.0. The molecule has 7 heteroatoms. The maximum Gasteiger partial charge on any atom is 0.306 e. The van der Waals surface area contributed by atoms with Crippen molar-refractivity contribution in [2.75, 3.05) is 13.2 Å². The molecule has 50 heavy (non-hydrogen) atoms. The highest BCUT2D eigenvalue weighted by atomic mass is 16.6. The SMILES string of the molecule is Cc1cc(O)c(C(C)(C)C)cc1CCC(=O)OCC(COC1CCCCCCCCCCC1)OC(=O)CCc1cc(C(C)(C)C)c(O)cc1C. The molecule has 280 valence electrons. The fourth-order valence-electron chi connectivity index (χ4n) is 6.84. The fourth-order valence-corrected chi connectivity index (χ4v) is 6.84. The van der Waals surface area contributed by atoms with Crippen molar-refractivity contribution in [2.24, 2.45) is 0 Å². The Hall–Kier alpha value is -3.06. The van der Waals surface area contributed by atoms with Gasteiger partial charge in [0.25, 0.3) is 0 Å². The molecule has 0 aromatic heterocycles. The van der Waals surface area contributed by atoms with Crippen molar-refractivity contribution in [2.45, 2.75) is 175 Å². The van der Waals surface area contributed by atoms with Crippen LogP contribution in [0.3, 0.4) is 0 Å². The van der Waals surface area contributed by atoms with Gasteiger partial charge >= 0.3 is 11.9 Å². The molecule has 1 unspecified atom stereocenters. The lowest BCUT2D eigenvalue weighted by atomic mass is 9.84. The summed E-state index contributed by atoms with van der Waals surface area (Å²) in [4.78, 5) is 26.2. The third-order valence-corrected chi connectivity index (χ3v) is 10.0. The zero-order valence-electron chi connectivity index (χ0n) is 32.4. The Labute approximate surface area is 302 Å². The van der Waals surface area contributed by atoms with Crippen LogP contribution >= 0.6 is 0 Å². The fraction of sp³-hybridized carbons (Fsp3) is 0.674. The minimum atomic E-state index is -0.707. The van der Waals surface area contributed by atoms with E-state index < -0.39 is 6.10 Å². The monoisotopic (exact) mass is 694 g/mol. The molecule has 1 aliphatic carbocycles. The number of phenols is 2. The molecule has 0 saturated heterocycles. The van der Waals surface area contributed by atoms with Gasteiger partial charge < -0.3 is 24.4 Å². The summed E-state index contributed by atoms with van der Waals surface area (Å²) in [6, 6.07) is 7.51. The molecule has 3 rings (SSSR count). The first-order chi connectivity index (χ1) is 23.5. The number of phenolic OH excluding ortho intramolecular Hbond substituents is 2. The number of esters is 2. The maximum absolute atomic E-state index is 13.2. The van der Waals surface area contributed by atoms with Crippen molar-refractivity contribution in [1.82, 2.24) is 0 Å². The van der Waals surface area contributed by atoms with Crippen molar-refractivity contribution in [3.63, 3.8) is 0 Å². The van der Waals surface area contributed by atoms with Gasteiger partial charge in [0.1, 0.15) is 18.1 Å². The first kappa shape index (κ1) is 41.4. The van der Waals surface area contributed by atoms with Crippen LogP contribution in [-0.4, -0.2) is 47.6 Å². The Morgan fingerprint density at radius 2 is 1.08 bits per heavy atom. The summed E-state index contributed by atoms with van der Waals surface area (Å²) in [6.45, 7) is 16.3. The van der Waals surface area contributed by atoms with Crippen LogP contribution in [-0.2, 0) is 47.5 Å². The van der Waals surface area contributed by atoms with Gasteiger partial charge in [0.15, 0.2) is 6.10 Å². The smallest absolute Gasteiger partial charge is 0.306 e. The number of ether oxygens (including phenoxy) is 3. The van der Waals surface area contributed by atoms with Crippen LogP contribution in [0.4, 0.5) is 0 Å². The predicted molar refractivity (Wildman–Crippen MR) is 201 cm³/mol. The quantitative estimate of drug-likeness (QED) is 0.213. The molecule has 0 bridgehead atoms. The van der Waals surface area contributed by atoms with E-state index in [0.29, 0.717) is 12.8 Å². The minimum absolute atomic E-state index is 0.0640. The first-order valence-electron chi connectivity index (χ1n) is 19.2. The van der Waals surface area contributed by atoms with Gasteiger partial charge in [0.05, 0.1) is 12.7 Å². The van der Waals surface area contributed by atoms with Gasteiger partial charge in [-0.1, -0.05) is 111 Å². The largest absolute Gasteiger partial charge is 0.508 e. The van der Waals surface area contributed by atoms with E-state index in [2.05, 4.69) is 41.5 Å². The maximum atomic E-state index is 13.2. The highest BCUT2D eigenvalue weighted by Gasteiger charge is 2.24. The summed E-state index contributed by atoms with van der Waals surface area (Å²) in [7, 11) is 0. The second-order valence-electron chi connectivity index (χ2n) is 16.6. The van der Waals surface area contributed by atoms with E-state index in [0.717, 1.165) is 59.1 Å².